The molecule has 0 atom stereocenters. The van der Waals surface area contributed by atoms with Crippen LogP contribution in [0.2, 0.25) is 0 Å². The Morgan fingerprint density at radius 1 is 1.03 bits per heavy atom. The molecule has 0 heterocycles. The molecule has 0 aromatic heterocycles. The first-order valence-electron chi connectivity index (χ1n) is 10.9. The summed E-state index contributed by atoms with van der Waals surface area (Å²) in [4.78, 5) is 12.8. The van der Waals surface area contributed by atoms with Crippen LogP contribution in [0, 0.1) is 0 Å². The van der Waals surface area contributed by atoms with E-state index in [1.807, 2.05) is 0 Å². The van der Waals surface area contributed by atoms with Crippen molar-refractivity contribution in [3.63, 3.8) is 0 Å². The lowest BCUT2D eigenvalue weighted by molar-refractivity contribution is -0.119. The number of ether oxygens (including phenoxy) is 2. The molecule has 0 unspecified atom stereocenters. The van der Waals surface area contributed by atoms with Crippen molar-refractivity contribution in [2.45, 2.75) is 11.8 Å². The van der Waals surface area contributed by atoms with Gasteiger partial charge in [-0.3, -0.25) is 9.10 Å². The second kappa shape index (κ2) is 12.4. The van der Waals surface area contributed by atoms with Crippen LogP contribution < -0.4 is 19.2 Å². The topological polar surface area (TPSA) is 97.3 Å². The lowest BCUT2D eigenvalue weighted by atomic mass is 10.2. The number of carbonyl (C=O) groups is 1. The number of hydrogen-bond donors (Lipinski definition) is 1. The highest BCUT2D eigenvalue weighted by atomic mass is 32.2. The molecule has 3 aromatic rings. The number of nitrogens with one attached hydrogen (secondary N) is 1. The molecule has 9 heteroatoms. The van der Waals surface area contributed by atoms with Crippen LogP contribution in [-0.4, -0.2) is 40.3 Å². The van der Waals surface area contributed by atoms with Gasteiger partial charge in [0.05, 0.1) is 23.4 Å². The predicted octanol–water partition coefficient (Wildman–Crippen LogP) is 4.00. The average Bonchev–Trinajstić information content (AvgIpc) is 2.87. The molecular weight excluding hydrogens is 466 g/mol. The number of carbonyl (C=O) groups excluding carboxylic acids is 1. The van der Waals surface area contributed by atoms with Gasteiger partial charge in [-0.1, -0.05) is 55.1 Å². The molecule has 0 radical (unpaired) electrons. The second-order valence-electron chi connectivity index (χ2n) is 7.19. The highest BCUT2D eigenvalue weighted by Gasteiger charge is 2.29. The van der Waals surface area contributed by atoms with Gasteiger partial charge in [0.15, 0.2) is 0 Å². The molecule has 35 heavy (non-hydrogen) atoms. The maximum Gasteiger partial charge on any atom is 0.264 e. The first-order chi connectivity index (χ1) is 17.0. The van der Waals surface area contributed by atoms with Gasteiger partial charge in [0.25, 0.3) is 15.9 Å². The Bertz CT molecular complexity index is 1280. The predicted molar refractivity (Wildman–Crippen MR) is 136 cm³/mol. The van der Waals surface area contributed by atoms with E-state index in [0.717, 1.165) is 4.31 Å². The van der Waals surface area contributed by atoms with Gasteiger partial charge in [-0.2, -0.15) is 5.10 Å². The number of amides is 1. The van der Waals surface area contributed by atoms with Crippen LogP contribution >= 0.6 is 0 Å². The normalized spacial score (nSPS) is 11.1. The SMILES string of the molecule is C=CCOc1cccc(/C=N\NC(=O)CN(c2ccccc2OCC)S(=O)(=O)c2ccccc2)c1. The Morgan fingerprint density at radius 3 is 2.51 bits per heavy atom. The van der Waals surface area contributed by atoms with E-state index >= 15 is 0 Å². The van der Waals surface area contributed by atoms with Gasteiger partial charge in [0, 0.05) is 0 Å². The smallest absolute Gasteiger partial charge is 0.264 e. The number of hydrazone groups is 1. The number of nitrogens with zero attached hydrogens (tertiary/aromatic N) is 2. The van der Waals surface area contributed by atoms with E-state index in [0.29, 0.717) is 30.3 Å². The van der Waals surface area contributed by atoms with Crippen molar-refractivity contribution >= 4 is 27.8 Å². The monoisotopic (exact) mass is 493 g/mol. The molecule has 182 valence electrons. The van der Waals surface area contributed by atoms with Crippen molar-refractivity contribution in [2.75, 3.05) is 24.1 Å². The lowest BCUT2D eigenvalue weighted by Gasteiger charge is -2.25. The molecule has 0 fully saturated rings. The van der Waals surface area contributed by atoms with Gasteiger partial charge in [-0.15, -0.1) is 0 Å². The maximum atomic E-state index is 13.5. The molecule has 0 spiro atoms. The molecule has 1 N–H and O–H groups in total. The van der Waals surface area contributed by atoms with Gasteiger partial charge in [0.2, 0.25) is 0 Å². The summed E-state index contributed by atoms with van der Waals surface area (Å²) in [6, 6.07) is 21.7. The minimum absolute atomic E-state index is 0.0546. The van der Waals surface area contributed by atoms with Crippen molar-refractivity contribution in [3.8, 4) is 11.5 Å². The molecule has 8 nitrogen and oxygen atoms in total. The molecule has 0 saturated heterocycles. The summed E-state index contributed by atoms with van der Waals surface area (Å²) in [5.74, 6) is 0.362. The summed E-state index contributed by atoms with van der Waals surface area (Å²) >= 11 is 0. The van der Waals surface area contributed by atoms with Crippen LogP contribution in [0.25, 0.3) is 0 Å². The third-order valence-electron chi connectivity index (χ3n) is 4.68. The fourth-order valence-corrected chi connectivity index (χ4v) is 4.60. The average molecular weight is 494 g/mol. The van der Waals surface area contributed by atoms with Crippen LogP contribution in [0.5, 0.6) is 11.5 Å². The zero-order valence-corrected chi connectivity index (χ0v) is 20.1. The minimum atomic E-state index is -4.07. The third kappa shape index (κ3) is 6.94. The first kappa shape index (κ1) is 25.5. The van der Waals surface area contributed by atoms with E-state index in [9.17, 15) is 13.2 Å². The van der Waals surface area contributed by atoms with Crippen molar-refractivity contribution in [1.82, 2.24) is 5.43 Å². The number of para-hydroxylation sites is 2. The minimum Gasteiger partial charge on any atom is -0.492 e. The molecule has 0 saturated carbocycles. The summed E-state index contributed by atoms with van der Waals surface area (Å²) in [5.41, 5.74) is 3.35. The molecular formula is C26H27N3O5S. The van der Waals surface area contributed by atoms with E-state index in [1.54, 1.807) is 79.7 Å². The summed E-state index contributed by atoms with van der Waals surface area (Å²) < 4.78 is 39.1. The Labute approximate surface area is 205 Å². The lowest BCUT2D eigenvalue weighted by Crippen LogP contribution is -2.39. The number of sulfonamides is 1. The van der Waals surface area contributed by atoms with Crippen molar-refractivity contribution in [1.29, 1.82) is 0 Å². The van der Waals surface area contributed by atoms with E-state index < -0.39 is 22.5 Å². The molecule has 1 amide bonds. The van der Waals surface area contributed by atoms with Crippen LogP contribution in [0.1, 0.15) is 12.5 Å². The van der Waals surface area contributed by atoms with E-state index in [2.05, 4.69) is 17.1 Å². The molecule has 0 aliphatic heterocycles. The van der Waals surface area contributed by atoms with Crippen LogP contribution in [0.3, 0.4) is 0 Å². The Hall–Kier alpha value is -4.11. The molecule has 0 aliphatic carbocycles. The first-order valence-corrected chi connectivity index (χ1v) is 12.3. The Balaban J connectivity index is 1.82. The Morgan fingerprint density at radius 2 is 1.77 bits per heavy atom. The van der Waals surface area contributed by atoms with E-state index in [-0.39, 0.29) is 10.6 Å². The zero-order chi connectivity index (χ0) is 25.1. The summed E-state index contributed by atoms with van der Waals surface area (Å²) in [6.07, 6.45) is 3.09. The summed E-state index contributed by atoms with van der Waals surface area (Å²) in [6.45, 7) is 5.61. The van der Waals surface area contributed by atoms with Gasteiger partial charge < -0.3 is 9.47 Å². The quantitative estimate of drug-likeness (QED) is 0.234. The fraction of sp³-hybridized carbons (Fsp3) is 0.154. The van der Waals surface area contributed by atoms with Gasteiger partial charge in [-0.25, -0.2) is 13.8 Å². The molecule has 0 bridgehead atoms. The third-order valence-corrected chi connectivity index (χ3v) is 6.45. The number of benzene rings is 3. The van der Waals surface area contributed by atoms with E-state index in [1.165, 1.54) is 18.3 Å². The molecule has 3 rings (SSSR count). The van der Waals surface area contributed by atoms with Crippen LogP contribution in [0.15, 0.2) is 102 Å². The van der Waals surface area contributed by atoms with Crippen LogP contribution in [-0.2, 0) is 14.8 Å². The maximum absolute atomic E-state index is 13.5. The summed E-state index contributed by atoms with van der Waals surface area (Å²) in [7, 11) is -4.07. The summed E-state index contributed by atoms with van der Waals surface area (Å²) in [5, 5.41) is 3.97. The van der Waals surface area contributed by atoms with Gasteiger partial charge in [0.1, 0.15) is 24.7 Å². The zero-order valence-electron chi connectivity index (χ0n) is 19.3. The highest BCUT2D eigenvalue weighted by molar-refractivity contribution is 7.92. The number of hydrogen-bond acceptors (Lipinski definition) is 6. The van der Waals surface area contributed by atoms with Crippen LogP contribution in [0.4, 0.5) is 5.69 Å². The Kier molecular flexibility index (Phi) is 9.02. The number of rotatable bonds is 12. The highest BCUT2D eigenvalue weighted by Crippen LogP contribution is 2.32. The second-order valence-corrected chi connectivity index (χ2v) is 9.05. The number of anilines is 1. The standard InChI is InChI=1S/C26H27N3O5S/c1-3-17-34-22-12-10-11-21(18-22)19-27-28-26(30)20-29(24-15-8-9-16-25(24)33-4-2)35(31,32)23-13-6-5-7-14-23/h3,5-16,18-19H,1,4,17,20H2,2H3,(H,28,30)/b27-19-. The van der Waals surface area contributed by atoms with Crippen molar-refractivity contribution in [3.05, 3.63) is 97.1 Å². The van der Waals surface area contributed by atoms with Crippen molar-refractivity contribution < 1.29 is 22.7 Å². The largest absolute Gasteiger partial charge is 0.492 e. The molecule has 0 aliphatic rings. The van der Waals surface area contributed by atoms with E-state index in [4.69, 9.17) is 9.47 Å². The fourth-order valence-electron chi connectivity index (χ4n) is 3.14. The van der Waals surface area contributed by atoms with Gasteiger partial charge >= 0.3 is 0 Å². The molecule has 3 aromatic carbocycles. The van der Waals surface area contributed by atoms with Gasteiger partial charge in [-0.05, 0) is 48.9 Å². The van der Waals surface area contributed by atoms with Crippen molar-refractivity contribution in [2.24, 2.45) is 5.10 Å².